The van der Waals surface area contributed by atoms with E-state index in [0.29, 0.717) is 25.2 Å². The Balaban J connectivity index is 2.21. The van der Waals surface area contributed by atoms with E-state index in [-0.39, 0.29) is 11.8 Å². The Morgan fingerprint density at radius 3 is 2.87 bits per heavy atom. The quantitative estimate of drug-likeness (QED) is 0.765. The van der Waals surface area contributed by atoms with Crippen LogP contribution in [0.1, 0.15) is 23.8 Å². The van der Waals surface area contributed by atoms with Crippen LogP contribution >= 0.6 is 11.3 Å². The molecule has 0 aliphatic rings. The van der Waals surface area contributed by atoms with Gasteiger partial charge in [-0.1, -0.05) is 0 Å². The molecule has 2 amide bonds. The van der Waals surface area contributed by atoms with E-state index in [1.807, 2.05) is 6.92 Å². The minimum Gasteiger partial charge on any atom is -0.356 e. The van der Waals surface area contributed by atoms with E-state index in [4.69, 9.17) is 0 Å². The summed E-state index contributed by atoms with van der Waals surface area (Å²) >= 11 is 1.36. The van der Waals surface area contributed by atoms with Gasteiger partial charge < -0.3 is 10.6 Å². The molecule has 0 unspecified atom stereocenters. The highest BCUT2D eigenvalue weighted by atomic mass is 32.1. The molecule has 82 valence electrons. The highest BCUT2D eigenvalue weighted by Gasteiger charge is 2.07. The Kier molecular flexibility index (Phi) is 4.76. The lowest BCUT2D eigenvalue weighted by atomic mass is 10.3. The van der Waals surface area contributed by atoms with E-state index in [1.165, 1.54) is 11.3 Å². The Morgan fingerprint density at radius 2 is 2.27 bits per heavy atom. The number of nitrogens with one attached hydrogen (secondary N) is 2. The smallest absolute Gasteiger partial charge is 0.270 e. The van der Waals surface area contributed by atoms with Crippen molar-refractivity contribution in [1.82, 2.24) is 15.6 Å². The average Bonchev–Trinajstić information content (AvgIpc) is 2.70. The first-order chi connectivity index (χ1) is 7.24. The summed E-state index contributed by atoms with van der Waals surface area (Å²) in [5, 5.41) is 6.94. The van der Waals surface area contributed by atoms with Crippen molar-refractivity contribution in [3.8, 4) is 0 Å². The number of aromatic nitrogens is 1. The molecule has 2 N–H and O–H groups in total. The van der Waals surface area contributed by atoms with E-state index in [2.05, 4.69) is 15.6 Å². The molecule has 0 fully saturated rings. The monoisotopic (exact) mass is 227 g/mol. The van der Waals surface area contributed by atoms with Crippen LogP contribution in [0.2, 0.25) is 0 Å². The number of carbonyl (C=O) groups excluding carboxylic acids is 2. The molecule has 0 aliphatic carbocycles. The zero-order valence-electron chi connectivity index (χ0n) is 8.45. The van der Waals surface area contributed by atoms with Gasteiger partial charge >= 0.3 is 0 Å². The second-order valence-corrected chi connectivity index (χ2v) is 3.55. The van der Waals surface area contributed by atoms with Gasteiger partial charge in [0.25, 0.3) is 5.91 Å². The van der Waals surface area contributed by atoms with Crippen LogP contribution in [0.25, 0.3) is 0 Å². The molecule has 1 aromatic heterocycles. The van der Waals surface area contributed by atoms with Crippen molar-refractivity contribution in [2.24, 2.45) is 0 Å². The Bertz CT molecular complexity index is 324. The highest BCUT2D eigenvalue weighted by Crippen LogP contribution is 1.99. The molecule has 1 aromatic rings. The molecule has 1 rings (SSSR count). The second kappa shape index (κ2) is 6.13. The Hall–Kier alpha value is -1.43. The molecule has 1 heterocycles. The summed E-state index contributed by atoms with van der Waals surface area (Å²) in [6, 6.07) is 0. The molecule has 15 heavy (non-hydrogen) atoms. The zero-order valence-corrected chi connectivity index (χ0v) is 9.26. The molecule has 0 radical (unpaired) electrons. The summed E-state index contributed by atoms with van der Waals surface area (Å²) in [4.78, 5) is 26.2. The Morgan fingerprint density at radius 1 is 1.47 bits per heavy atom. The average molecular weight is 227 g/mol. The minimum atomic E-state index is -0.236. The molecule has 0 bridgehead atoms. The lowest BCUT2D eigenvalue weighted by molar-refractivity contribution is -0.120. The zero-order chi connectivity index (χ0) is 11.1. The maximum Gasteiger partial charge on any atom is 0.270 e. The van der Waals surface area contributed by atoms with Crippen LogP contribution < -0.4 is 10.6 Å². The molecular formula is C9H13N3O2S. The fraction of sp³-hybridized carbons (Fsp3) is 0.444. The van der Waals surface area contributed by atoms with Gasteiger partial charge in [0.1, 0.15) is 5.69 Å². The maximum atomic E-state index is 11.3. The third-order valence-electron chi connectivity index (χ3n) is 1.68. The molecule has 0 aliphatic heterocycles. The van der Waals surface area contributed by atoms with E-state index in [1.54, 1.807) is 10.9 Å². The third-order valence-corrected chi connectivity index (χ3v) is 2.26. The SMILES string of the molecule is CCNC(=O)CCNC(=O)c1cscn1. The van der Waals surface area contributed by atoms with Gasteiger partial charge in [-0.15, -0.1) is 11.3 Å². The Labute approximate surface area is 91.9 Å². The molecule has 0 spiro atoms. The minimum absolute atomic E-state index is 0.0592. The van der Waals surface area contributed by atoms with E-state index in [0.717, 1.165) is 0 Å². The molecule has 5 nitrogen and oxygen atoms in total. The normalized spacial score (nSPS) is 9.67. The van der Waals surface area contributed by atoms with Gasteiger partial charge in [0.05, 0.1) is 5.51 Å². The van der Waals surface area contributed by atoms with Gasteiger partial charge in [-0.3, -0.25) is 9.59 Å². The van der Waals surface area contributed by atoms with Gasteiger partial charge in [-0.2, -0.15) is 0 Å². The first kappa shape index (κ1) is 11.6. The van der Waals surface area contributed by atoms with Crippen LogP contribution in [0, 0.1) is 0 Å². The molecule has 6 heteroatoms. The second-order valence-electron chi connectivity index (χ2n) is 2.83. The topological polar surface area (TPSA) is 71.1 Å². The number of amides is 2. The van der Waals surface area contributed by atoms with Gasteiger partial charge in [0.2, 0.25) is 5.91 Å². The van der Waals surface area contributed by atoms with Crippen LogP contribution in [-0.4, -0.2) is 29.9 Å². The van der Waals surface area contributed by atoms with Crippen molar-refractivity contribution in [2.45, 2.75) is 13.3 Å². The van der Waals surface area contributed by atoms with Gasteiger partial charge in [0, 0.05) is 24.9 Å². The molecule has 0 saturated carbocycles. The van der Waals surface area contributed by atoms with Crippen molar-refractivity contribution in [1.29, 1.82) is 0 Å². The highest BCUT2D eigenvalue weighted by molar-refractivity contribution is 7.07. The summed E-state index contributed by atoms with van der Waals surface area (Å²) in [7, 11) is 0. The summed E-state index contributed by atoms with van der Waals surface area (Å²) in [6.07, 6.45) is 0.295. The summed E-state index contributed by atoms with van der Waals surface area (Å²) in [6.45, 7) is 2.80. The van der Waals surface area contributed by atoms with E-state index < -0.39 is 0 Å². The van der Waals surface area contributed by atoms with Crippen LogP contribution in [0.5, 0.6) is 0 Å². The van der Waals surface area contributed by atoms with Crippen molar-refractivity contribution in [2.75, 3.05) is 13.1 Å². The number of thiazole rings is 1. The molecular weight excluding hydrogens is 214 g/mol. The van der Waals surface area contributed by atoms with E-state index in [9.17, 15) is 9.59 Å². The lowest BCUT2D eigenvalue weighted by Crippen LogP contribution is -2.30. The molecule has 0 atom stereocenters. The standard InChI is InChI=1S/C9H13N3O2S/c1-2-10-8(13)3-4-11-9(14)7-5-15-6-12-7/h5-6H,2-4H2,1H3,(H,10,13)(H,11,14). The maximum absolute atomic E-state index is 11.3. The predicted molar refractivity (Wildman–Crippen MR) is 57.7 cm³/mol. The third kappa shape index (κ3) is 4.07. The number of nitrogens with zero attached hydrogens (tertiary/aromatic N) is 1. The van der Waals surface area contributed by atoms with Crippen molar-refractivity contribution in [3.63, 3.8) is 0 Å². The van der Waals surface area contributed by atoms with Crippen LogP contribution in [0.15, 0.2) is 10.9 Å². The van der Waals surface area contributed by atoms with Crippen molar-refractivity contribution in [3.05, 3.63) is 16.6 Å². The van der Waals surface area contributed by atoms with Crippen LogP contribution in [0.3, 0.4) is 0 Å². The van der Waals surface area contributed by atoms with Gasteiger partial charge in [-0.05, 0) is 6.92 Å². The number of hydrogen-bond acceptors (Lipinski definition) is 4. The van der Waals surface area contributed by atoms with Gasteiger partial charge in [-0.25, -0.2) is 4.98 Å². The van der Waals surface area contributed by atoms with Crippen molar-refractivity contribution >= 4 is 23.2 Å². The van der Waals surface area contributed by atoms with Crippen molar-refractivity contribution < 1.29 is 9.59 Å². The number of carbonyl (C=O) groups is 2. The summed E-state index contributed by atoms with van der Waals surface area (Å²) in [5.41, 5.74) is 1.99. The number of hydrogen-bond donors (Lipinski definition) is 2. The first-order valence-corrected chi connectivity index (χ1v) is 5.61. The number of rotatable bonds is 5. The van der Waals surface area contributed by atoms with Crippen LogP contribution in [-0.2, 0) is 4.79 Å². The predicted octanol–water partition coefficient (Wildman–Crippen LogP) is 0.399. The summed E-state index contributed by atoms with van der Waals surface area (Å²) < 4.78 is 0. The van der Waals surface area contributed by atoms with E-state index >= 15 is 0 Å². The summed E-state index contributed by atoms with van der Waals surface area (Å²) in [5.74, 6) is -0.295. The fourth-order valence-electron chi connectivity index (χ4n) is 0.990. The van der Waals surface area contributed by atoms with Crippen LogP contribution in [0.4, 0.5) is 0 Å². The van der Waals surface area contributed by atoms with Gasteiger partial charge in [0.15, 0.2) is 0 Å². The first-order valence-electron chi connectivity index (χ1n) is 4.67. The molecule has 0 aromatic carbocycles. The largest absolute Gasteiger partial charge is 0.356 e. The fourth-order valence-corrected chi connectivity index (χ4v) is 1.52. The lowest BCUT2D eigenvalue weighted by Gasteiger charge is -2.03. The molecule has 0 saturated heterocycles.